The van der Waals surface area contributed by atoms with E-state index in [9.17, 15) is 18.0 Å². The Labute approximate surface area is 95.0 Å². The molecule has 94 valence electrons. The summed E-state index contributed by atoms with van der Waals surface area (Å²) in [5.74, 6) is -1.18. The van der Waals surface area contributed by atoms with E-state index in [0.29, 0.717) is 5.69 Å². The van der Waals surface area contributed by atoms with Crippen LogP contribution in [-0.2, 0) is 11.0 Å². The summed E-state index contributed by atoms with van der Waals surface area (Å²) in [7, 11) is 0. The molecule has 0 aromatic carbocycles. The zero-order chi connectivity index (χ0) is 12.8. The maximum Gasteiger partial charge on any atom is 0.435 e. The first-order valence-electron chi connectivity index (χ1n) is 5.20. The lowest BCUT2D eigenvalue weighted by Gasteiger charge is -2.10. The van der Waals surface area contributed by atoms with Gasteiger partial charge in [0.05, 0.1) is 0 Å². The zero-order valence-corrected chi connectivity index (χ0v) is 9.03. The van der Waals surface area contributed by atoms with Crippen molar-refractivity contribution < 1.29 is 23.1 Å². The van der Waals surface area contributed by atoms with Crippen LogP contribution in [-0.4, -0.2) is 20.9 Å². The fourth-order valence-electron chi connectivity index (χ4n) is 1.65. The molecule has 0 unspecified atom stereocenters. The number of hydrogen-bond acceptors (Lipinski definition) is 2. The van der Waals surface area contributed by atoms with Crippen LogP contribution in [0.2, 0.25) is 0 Å². The molecule has 4 nitrogen and oxygen atoms in total. The van der Waals surface area contributed by atoms with Crippen molar-refractivity contribution in [1.29, 1.82) is 0 Å². The van der Waals surface area contributed by atoms with Crippen LogP contribution in [0.3, 0.4) is 0 Å². The summed E-state index contributed by atoms with van der Waals surface area (Å²) < 4.78 is 38.5. The number of carbonyl (C=O) groups is 1. The van der Waals surface area contributed by atoms with Gasteiger partial charge in [-0.3, -0.25) is 4.68 Å². The standard InChI is InChI=1S/C10H11F3N2O2/c1-5(9(16)17)15-7(6-2-3-6)4-8(14-15)10(11,12)13/h4-6H,2-3H2,1H3,(H,16,17)/t5-/m0/s1. The molecule has 1 aliphatic carbocycles. The van der Waals surface area contributed by atoms with Crippen LogP contribution < -0.4 is 0 Å². The predicted molar refractivity (Wildman–Crippen MR) is 51.6 cm³/mol. The highest BCUT2D eigenvalue weighted by Crippen LogP contribution is 2.42. The summed E-state index contributed by atoms with van der Waals surface area (Å²) in [5.41, 5.74) is -0.653. The Hall–Kier alpha value is -1.53. The summed E-state index contributed by atoms with van der Waals surface area (Å²) >= 11 is 0. The Kier molecular flexibility index (Phi) is 2.63. The average molecular weight is 248 g/mol. The lowest BCUT2D eigenvalue weighted by molar-refractivity contribution is -0.144. The molecule has 1 fully saturated rings. The summed E-state index contributed by atoms with van der Waals surface area (Å²) in [6.45, 7) is 1.32. The average Bonchev–Trinajstić information content (AvgIpc) is 2.94. The van der Waals surface area contributed by atoms with E-state index in [1.54, 1.807) is 0 Å². The maximum atomic E-state index is 12.5. The molecule has 0 bridgehead atoms. The molecule has 1 saturated carbocycles. The van der Waals surface area contributed by atoms with Crippen molar-refractivity contribution in [3.8, 4) is 0 Å². The smallest absolute Gasteiger partial charge is 0.435 e. The van der Waals surface area contributed by atoms with E-state index in [1.165, 1.54) is 6.92 Å². The molecule has 1 aromatic heterocycles. The lowest BCUT2D eigenvalue weighted by atomic mass is 10.2. The van der Waals surface area contributed by atoms with E-state index in [2.05, 4.69) is 5.10 Å². The number of carboxylic acids is 1. The highest BCUT2D eigenvalue weighted by molar-refractivity contribution is 5.71. The van der Waals surface area contributed by atoms with E-state index in [4.69, 9.17) is 5.11 Å². The largest absolute Gasteiger partial charge is 0.480 e. The Morgan fingerprint density at radius 1 is 1.59 bits per heavy atom. The maximum absolute atomic E-state index is 12.5. The molecule has 0 aliphatic heterocycles. The first-order valence-corrected chi connectivity index (χ1v) is 5.20. The molecule has 0 radical (unpaired) electrons. The summed E-state index contributed by atoms with van der Waals surface area (Å²) in [6, 6.07) is -0.126. The van der Waals surface area contributed by atoms with Crippen LogP contribution in [0.25, 0.3) is 0 Å². The second kappa shape index (κ2) is 3.75. The van der Waals surface area contributed by atoms with Gasteiger partial charge in [0.15, 0.2) is 5.69 Å². The molecule has 2 rings (SSSR count). The van der Waals surface area contributed by atoms with Gasteiger partial charge in [0.25, 0.3) is 0 Å². The molecule has 1 aromatic rings. The predicted octanol–water partition coefficient (Wildman–Crippen LogP) is 2.42. The van der Waals surface area contributed by atoms with E-state index in [-0.39, 0.29) is 5.92 Å². The lowest BCUT2D eigenvalue weighted by Crippen LogP contribution is -2.19. The number of alkyl halides is 3. The number of hydrogen-bond donors (Lipinski definition) is 1. The number of halogens is 3. The van der Waals surface area contributed by atoms with Crippen LogP contribution >= 0.6 is 0 Å². The number of carboxylic acid groups (broad SMARTS) is 1. The number of rotatable bonds is 3. The van der Waals surface area contributed by atoms with Gasteiger partial charge in [-0.2, -0.15) is 18.3 Å². The fraction of sp³-hybridized carbons (Fsp3) is 0.600. The van der Waals surface area contributed by atoms with Crippen molar-refractivity contribution in [2.24, 2.45) is 0 Å². The third-order valence-corrected chi connectivity index (χ3v) is 2.77. The zero-order valence-electron chi connectivity index (χ0n) is 9.03. The van der Waals surface area contributed by atoms with Gasteiger partial charge < -0.3 is 5.11 Å². The molecular formula is C10H11F3N2O2. The Bertz CT molecular complexity index is 449. The van der Waals surface area contributed by atoms with Crippen molar-refractivity contribution >= 4 is 5.97 Å². The van der Waals surface area contributed by atoms with Gasteiger partial charge in [-0.15, -0.1) is 0 Å². The molecule has 17 heavy (non-hydrogen) atoms. The van der Waals surface area contributed by atoms with E-state index >= 15 is 0 Å². The third-order valence-electron chi connectivity index (χ3n) is 2.77. The molecule has 7 heteroatoms. The second-order valence-corrected chi connectivity index (χ2v) is 4.19. The molecule has 0 saturated heterocycles. The first-order chi connectivity index (χ1) is 7.80. The third kappa shape index (κ3) is 2.27. The van der Waals surface area contributed by atoms with Gasteiger partial charge >= 0.3 is 12.1 Å². The number of nitrogens with zero attached hydrogens (tertiary/aromatic N) is 2. The van der Waals surface area contributed by atoms with Crippen molar-refractivity contribution in [2.45, 2.75) is 37.9 Å². The van der Waals surface area contributed by atoms with Crippen molar-refractivity contribution in [2.75, 3.05) is 0 Å². The van der Waals surface area contributed by atoms with Crippen LogP contribution in [0, 0.1) is 0 Å². The highest BCUT2D eigenvalue weighted by atomic mass is 19.4. The fourth-order valence-corrected chi connectivity index (χ4v) is 1.65. The molecule has 1 N–H and O–H groups in total. The van der Waals surface area contributed by atoms with E-state index < -0.39 is 23.9 Å². The quantitative estimate of drug-likeness (QED) is 0.893. The molecule has 0 spiro atoms. The van der Waals surface area contributed by atoms with Crippen molar-refractivity contribution in [3.63, 3.8) is 0 Å². The Balaban J connectivity index is 2.42. The molecule has 1 heterocycles. The minimum atomic E-state index is -4.53. The van der Waals surface area contributed by atoms with Gasteiger partial charge in [0.1, 0.15) is 6.04 Å². The van der Waals surface area contributed by atoms with Crippen LogP contribution in [0.15, 0.2) is 6.07 Å². The van der Waals surface area contributed by atoms with E-state index in [1.807, 2.05) is 0 Å². The van der Waals surface area contributed by atoms with Crippen LogP contribution in [0.1, 0.15) is 43.1 Å². The topological polar surface area (TPSA) is 55.1 Å². The number of aliphatic carboxylic acids is 1. The molecule has 1 atom stereocenters. The minimum Gasteiger partial charge on any atom is -0.480 e. The molecular weight excluding hydrogens is 237 g/mol. The highest BCUT2D eigenvalue weighted by Gasteiger charge is 2.39. The van der Waals surface area contributed by atoms with Crippen LogP contribution in [0.5, 0.6) is 0 Å². The minimum absolute atomic E-state index is 0.0143. The van der Waals surface area contributed by atoms with Crippen molar-refractivity contribution in [1.82, 2.24) is 9.78 Å². The Morgan fingerprint density at radius 2 is 2.18 bits per heavy atom. The van der Waals surface area contributed by atoms with Gasteiger partial charge in [-0.05, 0) is 25.8 Å². The van der Waals surface area contributed by atoms with Gasteiger partial charge in [0, 0.05) is 11.6 Å². The monoisotopic (exact) mass is 248 g/mol. The summed E-state index contributed by atoms with van der Waals surface area (Å²) in [5, 5.41) is 12.2. The van der Waals surface area contributed by atoms with Gasteiger partial charge in [-0.1, -0.05) is 0 Å². The van der Waals surface area contributed by atoms with Gasteiger partial charge in [0.2, 0.25) is 0 Å². The second-order valence-electron chi connectivity index (χ2n) is 4.19. The van der Waals surface area contributed by atoms with E-state index in [0.717, 1.165) is 23.6 Å². The molecule has 0 amide bonds. The summed E-state index contributed by atoms with van der Waals surface area (Å²) in [6.07, 6.45) is -2.96. The molecule has 1 aliphatic rings. The first kappa shape index (κ1) is 11.9. The Morgan fingerprint density at radius 3 is 2.59 bits per heavy atom. The SMILES string of the molecule is C[C@@H](C(=O)O)n1nc(C(F)(F)F)cc1C1CC1. The van der Waals surface area contributed by atoms with Crippen LogP contribution in [0.4, 0.5) is 13.2 Å². The summed E-state index contributed by atoms with van der Waals surface area (Å²) in [4.78, 5) is 10.8. The van der Waals surface area contributed by atoms with Crippen molar-refractivity contribution in [3.05, 3.63) is 17.5 Å². The number of aromatic nitrogens is 2. The normalized spacial score (nSPS) is 18.1. The van der Waals surface area contributed by atoms with Gasteiger partial charge in [-0.25, -0.2) is 4.79 Å².